The summed E-state index contributed by atoms with van der Waals surface area (Å²) in [6.45, 7) is 6.69. The molecule has 1 aromatic heterocycles. The fourth-order valence-electron chi connectivity index (χ4n) is 5.18. The SMILES string of the molecule is Cc1nc(SC[C@H](O)c2ccccc2)n([C@@H](C)[C@@H]2C[C@H]3CC[C@H]2C3)c1C. The molecule has 4 heteroatoms. The molecular weight excluding hydrogens is 340 g/mol. The second kappa shape index (κ2) is 7.40. The average molecular weight is 371 g/mol. The van der Waals surface area contributed by atoms with E-state index in [0.717, 1.165) is 34.2 Å². The van der Waals surface area contributed by atoms with Gasteiger partial charge >= 0.3 is 0 Å². The number of benzene rings is 1. The van der Waals surface area contributed by atoms with Crippen molar-refractivity contribution in [2.45, 2.75) is 63.8 Å². The maximum absolute atomic E-state index is 10.5. The molecule has 1 aromatic carbocycles. The van der Waals surface area contributed by atoms with Gasteiger partial charge in [-0.3, -0.25) is 0 Å². The second-order valence-corrected chi connectivity index (χ2v) is 9.24. The lowest BCUT2D eigenvalue weighted by Gasteiger charge is -2.30. The summed E-state index contributed by atoms with van der Waals surface area (Å²) >= 11 is 1.69. The zero-order valence-electron chi connectivity index (χ0n) is 16.1. The molecule has 2 aromatic rings. The van der Waals surface area contributed by atoms with Crippen molar-refractivity contribution in [3.05, 3.63) is 47.3 Å². The van der Waals surface area contributed by atoms with E-state index in [-0.39, 0.29) is 0 Å². The summed E-state index contributed by atoms with van der Waals surface area (Å²) in [6, 6.07) is 10.4. The minimum atomic E-state index is -0.454. The molecule has 1 N–H and O–H groups in total. The molecule has 2 bridgehead atoms. The summed E-state index contributed by atoms with van der Waals surface area (Å²) in [6.07, 6.45) is 5.24. The van der Waals surface area contributed by atoms with Crippen LogP contribution in [-0.4, -0.2) is 20.4 Å². The smallest absolute Gasteiger partial charge is 0.168 e. The van der Waals surface area contributed by atoms with Gasteiger partial charge in [0.25, 0.3) is 0 Å². The Labute approximate surface area is 161 Å². The molecule has 4 rings (SSSR count). The highest BCUT2D eigenvalue weighted by Crippen LogP contribution is 2.52. The summed E-state index contributed by atoms with van der Waals surface area (Å²) in [4.78, 5) is 4.85. The summed E-state index contributed by atoms with van der Waals surface area (Å²) < 4.78 is 2.46. The van der Waals surface area contributed by atoms with E-state index in [1.54, 1.807) is 11.8 Å². The monoisotopic (exact) mass is 370 g/mol. The van der Waals surface area contributed by atoms with Crippen LogP contribution in [0.5, 0.6) is 0 Å². The molecule has 2 aliphatic rings. The molecule has 0 aliphatic heterocycles. The van der Waals surface area contributed by atoms with Gasteiger partial charge in [-0.15, -0.1) is 0 Å². The number of thioether (sulfide) groups is 1. The molecule has 0 radical (unpaired) electrons. The molecule has 5 atom stereocenters. The first-order chi connectivity index (χ1) is 12.5. The van der Waals surface area contributed by atoms with Crippen molar-refractivity contribution in [2.75, 3.05) is 5.75 Å². The number of imidazole rings is 1. The molecule has 1 heterocycles. The lowest BCUT2D eigenvalue weighted by atomic mass is 9.84. The van der Waals surface area contributed by atoms with Crippen molar-refractivity contribution in [3.63, 3.8) is 0 Å². The zero-order chi connectivity index (χ0) is 18.3. The Bertz CT molecular complexity index is 757. The van der Waals surface area contributed by atoms with Crippen LogP contribution in [0.4, 0.5) is 0 Å². The molecule has 0 spiro atoms. The first-order valence-electron chi connectivity index (χ1n) is 9.95. The van der Waals surface area contributed by atoms with Gasteiger partial charge in [-0.25, -0.2) is 4.98 Å². The third-order valence-corrected chi connectivity index (χ3v) is 7.76. The van der Waals surface area contributed by atoms with Crippen molar-refractivity contribution < 1.29 is 5.11 Å². The van der Waals surface area contributed by atoms with Crippen LogP contribution in [-0.2, 0) is 0 Å². The number of aryl methyl sites for hydroxylation is 1. The predicted octanol–water partition coefficient (Wildman–Crippen LogP) is 5.32. The van der Waals surface area contributed by atoms with Gasteiger partial charge in [-0.1, -0.05) is 48.5 Å². The van der Waals surface area contributed by atoms with Crippen molar-refractivity contribution >= 4 is 11.8 Å². The first kappa shape index (κ1) is 18.1. The molecule has 2 fully saturated rings. The predicted molar refractivity (Wildman–Crippen MR) is 107 cm³/mol. The van der Waals surface area contributed by atoms with Crippen molar-refractivity contribution in [3.8, 4) is 0 Å². The summed E-state index contributed by atoms with van der Waals surface area (Å²) in [5.41, 5.74) is 3.39. The lowest BCUT2D eigenvalue weighted by Crippen LogP contribution is -2.23. The summed E-state index contributed by atoms with van der Waals surface area (Å²) in [5.74, 6) is 3.31. The van der Waals surface area contributed by atoms with Crippen LogP contribution in [0.3, 0.4) is 0 Å². The fourth-order valence-corrected chi connectivity index (χ4v) is 6.32. The number of aliphatic hydroxyl groups excluding tert-OH is 1. The van der Waals surface area contributed by atoms with Crippen LogP contribution in [0.2, 0.25) is 0 Å². The molecular formula is C22H30N2OS. The normalized spacial score (nSPS) is 27.0. The Morgan fingerprint density at radius 1 is 1.19 bits per heavy atom. The van der Waals surface area contributed by atoms with E-state index in [1.165, 1.54) is 31.4 Å². The summed E-state index contributed by atoms with van der Waals surface area (Å²) in [5, 5.41) is 11.6. The molecule has 2 aliphatic carbocycles. The van der Waals surface area contributed by atoms with E-state index in [4.69, 9.17) is 4.98 Å². The van der Waals surface area contributed by atoms with Crippen LogP contribution >= 0.6 is 11.8 Å². The van der Waals surface area contributed by atoms with E-state index in [2.05, 4.69) is 25.3 Å². The minimum absolute atomic E-state index is 0.454. The first-order valence-corrected chi connectivity index (χ1v) is 10.9. The van der Waals surface area contributed by atoms with E-state index in [1.807, 2.05) is 30.3 Å². The number of aliphatic hydroxyl groups is 1. The number of hydrogen-bond acceptors (Lipinski definition) is 3. The third-order valence-electron chi connectivity index (χ3n) is 6.73. The minimum Gasteiger partial charge on any atom is -0.388 e. The van der Waals surface area contributed by atoms with E-state index >= 15 is 0 Å². The maximum Gasteiger partial charge on any atom is 0.168 e. The van der Waals surface area contributed by atoms with Gasteiger partial charge in [0.1, 0.15) is 0 Å². The Morgan fingerprint density at radius 2 is 1.96 bits per heavy atom. The Kier molecular flexibility index (Phi) is 5.15. The number of fused-ring (bicyclic) bond motifs is 2. The van der Waals surface area contributed by atoms with E-state index in [9.17, 15) is 5.11 Å². The molecule has 3 nitrogen and oxygen atoms in total. The van der Waals surface area contributed by atoms with Crippen LogP contribution < -0.4 is 0 Å². The number of aromatic nitrogens is 2. The van der Waals surface area contributed by atoms with Crippen molar-refractivity contribution in [2.24, 2.45) is 17.8 Å². The van der Waals surface area contributed by atoms with Gasteiger partial charge in [-0.05, 0) is 63.4 Å². The fraction of sp³-hybridized carbons (Fsp3) is 0.591. The van der Waals surface area contributed by atoms with Crippen molar-refractivity contribution in [1.29, 1.82) is 0 Å². The van der Waals surface area contributed by atoms with Gasteiger partial charge in [0.05, 0.1) is 11.8 Å². The van der Waals surface area contributed by atoms with Crippen LogP contribution in [0, 0.1) is 31.6 Å². The van der Waals surface area contributed by atoms with Crippen LogP contribution in [0.1, 0.15) is 61.7 Å². The highest BCUT2D eigenvalue weighted by Gasteiger charge is 2.43. The molecule has 0 amide bonds. The van der Waals surface area contributed by atoms with Crippen molar-refractivity contribution in [1.82, 2.24) is 9.55 Å². The maximum atomic E-state index is 10.5. The Morgan fingerprint density at radius 3 is 2.62 bits per heavy atom. The second-order valence-electron chi connectivity index (χ2n) is 8.25. The molecule has 0 saturated heterocycles. The highest BCUT2D eigenvalue weighted by atomic mass is 32.2. The summed E-state index contributed by atoms with van der Waals surface area (Å²) in [7, 11) is 0. The molecule has 26 heavy (non-hydrogen) atoms. The average Bonchev–Trinajstić information content (AvgIpc) is 3.35. The van der Waals surface area contributed by atoms with E-state index < -0.39 is 6.10 Å². The number of nitrogens with zero attached hydrogens (tertiary/aromatic N) is 2. The Hall–Kier alpha value is -1.26. The molecule has 0 unspecified atom stereocenters. The standard InChI is InChI=1S/C22H30N2OS/c1-14-15(2)24(16(3)20-12-17-9-10-19(20)11-17)22(23-14)26-13-21(25)18-7-5-4-6-8-18/h4-8,16-17,19-21,25H,9-13H2,1-3H3/t16-,17-,19-,20-,21-/m0/s1. The number of rotatable bonds is 6. The Balaban J connectivity index is 1.51. The van der Waals surface area contributed by atoms with Gasteiger partial charge in [-0.2, -0.15) is 0 Å². The van der Waals surface area contributed by atoms with Crippen LogP contribution in [0.25, 0.3) is 0 Å². The number of hydrogen-bond donors (Lipinski definition) is 1. The topological polar surface area (TPSA) is 38.1 Å². The van der Waals surface area contributed by atoms with Gasteiger partial charge in [0.2, 0.25) is 0 Å². The highest BCUT2D eigenvalue weighted by molar-refractivity contribution is 7.99. The lowest BCUT2D eigenvalue weighted by molar-refractivity contribution is 0.203. The third kappa shape index (κ3) is 3.34. The van der Waals surface area contributed by atoms with Crippen LogP contribution in [0.15, 0.2) is 35.5 Å². The zero-order valence-corrected chi connectivity index (χ0v) is 16.9. The van der Waals surface area contributed by atoms with Gasteiger partial charge in [0, 0.05) is 17.5 Å². The van der Waals surface area contributed by atoms with Gasteiger partial charge < -0.3 is 9.67 Å². The van der Waals surface area contributed by atoms with E-state index in [0.29, 0.717) is 11.8 Å². The molecule has 2 saturated carbocycles. The molecule has 140 valence electrons. The quantitative estimate of drug-likeness (QED) is 0.699. The van der Waals surface area contributed by atoms with Gasteiger partial charge in [0.15, 0.2) is 5.16 Å². The largest absolute Gasteiger partial charge is 0.388 e.